The summed E-state index contributed by atoms with van der Waals surface area (Å²) in [4.78, 5) is 25.2. The van der Waals surface area contributed by atoms with Gasteiger partial charge in [0.15, 0.2) is 0 Å². The van der Waals surface area contributed by atoms with Crippen LogP contribution in [0.3, 0.4) is 0 Å². The minimum Gasteiger partial charge on any atom is -0.493 e. The van der Waals surface area contributed by atoms with E-state index in [1.807, 2.05) is 57.2 Å². The van der Waals surface area contributed by atoms with E-state index in [4.69, 9.17) is 4.74 Å². The van der Waals surface area contributed by atoms with Crippen LogP contribution in [-0.2, 0) is 4.79 Å². The second-order valence-electron chi connectivity index (χ2n) is 5.98. The average molecular weight is 340 g/mol. The van der Waals surface area contributed by atoms with Crippen molar-refractivity contribution in [1.29, 1.82) is 0 Å². The molecule has 2 rings (SSSR count). The van der Waals surface area contributed by atoms with E-state index < -0.39 is 6.04 Å². The highest BCUT2D eigenvalue weighted by Gasteiger charge is 2.25. The van der Waals surface area contributed by atoms with Gasteiger partial charge in [0, 0.05) is 5.69 Å². The van der Waals surface area contributed by atoms with Crippen LogP contribution in [-0.4, -0.2) is 24.5 Å². The number of hydrogen-bond acceptors (Lipinski definition) is 3. The first-order valence-corrected chi connectivity index (χ1v) is 8.41. The fourth-order valence-corrected chi connectivity index (χ4v) is 2.43. The molecule has 0 aromatic heterocycles. The highest BCUT2D eigenvalue weighted by atomic mass is 16.5. The maximum Gasteiger partial charge on any atom is 0.255 e. The lowest BCUT2D eigenvalue weighted by molar-refractivity contribution is -0.118. The number of nitrogens with one attached hydrogen (secondary N) is 2. The van der Waals surface area contributed by atoms with Gasteiger partial charge in [0.2, 0.25) is 5.91 Å². The molecule has 0 saturated carbocycles. The molecule has 0 spiro atoms. The number of ether oxygens (including phenoxy) is 1. The van der Waals surface area contributed by atoms with E-state index in [1.165, 1.54) is 0 Å². The Kier molecular flexibility index (Phi) is 6.57. The molecule has 25 heavy (non-hydrogen) atoms. The van der Waals surface area contributed by atoms with Crippen LogP contribution in [0.5, 0.6) is 5.75 Å². The smallest absolute Gasteiger partial charge is 0.255 e. The summed E-state index contributed by atoms with van der Waals surface area (Å²) in [5.74, 6) is -0.130. The molecular formula is C20H24N2O3. The maximum atomic E-state index is 12.6. The third kappa shape index (κ3) is 5.08. The van der Waals surface area contributed by atoms with Crippen molar-refractivity contribution in [1.82, 2.24) is 5.32 Å². The average Bonchev–Trinajstić information content (AvgIpc) is 2.60. The molecule has 0 aliphatic rings. The topological polar surface area (TPSA) is 67.4 Å². The van der Waals surface area contributed by atoms with Crippen molar-refractivity contribution in [2.75, 3.05) is 11.9 Å². The van der Waals surface area contributed by atoms with Gasteiger partial charge in [-0.2, -0.15) is 0 Å². The van der Waals surface area contributed by atoms with Gasteiger partial charge < -0.3 is 15.4 Å². The van der Waals surface area contributed by atoms with Gasteiger partial charge in [0.1, 0.15) is 11.8 Å². The zero-order valence-electron chi connectivity index (χ0n) is 14.8. The SMILES string of the molecule is CCOc1ccccc1C(=O)NC(C(=O)Nc1ccccc1)C(C)C. The summed E-state index contributed by atoms with van der Waals surface area (Å²) < 4.78 is 5.49. The van der Waals surface area contributed by atoms with Crippen LogP contribution < -0.4 is 15.4 Å². The second kappa shape index (κ2) is 8.87. The van der Waals surface area contributed by atoms with Crippen LogP contribution in [0.4, 0.5) is 5.69 Å². The Bertz CT molecular complexity index is 714. The first kappa shape index (κ1) is 18.5. The molecule has 2 amide bonds. The molecule has 5 heteroatoms. The molecule has 132 valence electrons. The van der Waals surface area contributed by atoms with Gasteiger partial charge in [0.05, 0.1) is 12.2 Å². The molecule has 2 aromatic rings. The van der Waals surface area contributed by atoms with Gasteiger partial charge in [-0.1, -0.05) is 44.2 Å². The fourth-order valence-electron chi connectivity index (χ4n) is 2.43. The molecule has 0 saturated heterocycles. The van der Waals surface area contributed by atoms with Gasteiger partial charge in [-0.05, 0) is 37.1 Å². The number of anilines is 1. The molecule has 0 bridgehead atoms. The van der Waals surface area contributed by atoms with Crippen LogP contribution in [0.25, 0.3) is 0 Å². The predicted octanol–water partition coefficient (Wildman–Crippen LogP) is 3.48. The summed E-state index contributed by atoms with van der Waals surface area (Å²) in [5, 5.41) is 5.66. The third-order valence-corrected chi connectivity index (χ3v) is 3.71. The predicted molar refractivity (Wildman–Crippen MR) is 98.8 cm³/mol. The lowest BCUT2D eigenvalue weighted by Gasteiger charge is -2.22. The lowest BCUT2D eigenvalue weighted by atomic mass is 10.0. The highest BCUT2D eigenvalue weighted by molar-refractivity contribution is 6.02. The van der Waals surface area contributed by atoms with E-state index in [-0.39, 0.29) is 17.7 Å². The molecule has 0 radical (unpaired) electrons. The molecular weight excluding hydrogens is 316 g/mol. The third-order valence-electron chi connectivity index (χ3n) is 3.71. The van der Waals surface area contributed by atoms with Gasteiger partial charge >= 0.3 is 0 Å². The molecule has 0 fully saturated rings. The first-order valence-electron chi connectivity index (χ1n) is 8.41. The Morgan fingerprint density at radius 2 is 1.64 bits per heavy atom. The van der Waals surface area contributed by atoms with Crippen LogP contribution in [0.2, 0.25) is 0 Å². The zero-order valence-corrected chi connectivity index (χ0v) is 14.8. The Morgan fingerprint density at radius 3 is 2.28 bits per heavy atom. The Balaban J connectivity index is 2.13. The van der Waals surface area contributed by atoms with Crippen molar-refractivity contribution in [3.63, 3.8) is 0 Å². The van der Waals surface area contributed by atoms with Crippen LogP contribution in [0.15, 0.2) is 54.6 Å². The second-order valence-corrected chi connectivity index (χ2v) is 5.98. The summed E-state index contributed by atoms with van der Waals surface area (Å²) in [5.41, 5.74) is 1.12. The molecule has 2 N–H and O–H groups in total. The van der Waals surface area contributed by atoms with E-state index >= 15 is 0 Å². The Hall–Kier alpha value is -2.82. The van der Waals surface area contributed by atoms with E-state index in [0.717, 1.165) is 0 Å². The number of carbonyl (C=O) groups is 2. The zero-order chi connectivity index (χ0) is 18.2. The van der Waals surface area contributed by atoms with E-state index in [1.54, 1.807) is 18.2 Å². The minimum atomic E-state index is -0.651. The molecule has 1 unspecified atom stereocenters. The van der Waals surface area contributed by atoms with Crippen LogP contribution in [0, 0.1) is 5.92 Å². The highest BCUT2D eigenvalue weighted by Crippen LogP contribution is 2.18. The van der Waals surface area contributed by atoms with Gasteiger partial charge in [-0.25, -0.2) is 0 Å². The minimum absolute atomic E-state index is 0.0630. The molecule has 0 heterocycles. The largest absolute Gasteiger partial charge is 0.493 e. The van der Waals surface area contributed by atoms with E-state index in [9.17, 15) is 9.59 Å². The summed E-state index contributed by atoms with van der Waals surface area (Å²) >= 11 is 0. The Labute approximate surface area is 148 Å². The van der Waals surface area contributed by atoms with Crippen molar-refractivity contribution < 1.29 is 14.3 Å². The molecule has 2 aromatic carbocycles. The first-order chi connectivity index (χ1) is 12.0. The van der Waals surface area contributed by atoms with Crippen molar-refractivity contribution in [3.8, 4) is 5.75 Å². The number of rotatable bonds is 7. The number of amides is 2. The number of hydrogen-bond donors (Lipinski definition) is 2. The molecule has 0 aliphatic heterocycles. The van der Waals surface area contributed by atoms with Crippen LogP contribution >= 0.6 is 0 Å². The quantitative estimate of drug-likeness (QED) is 0.811. The lowest BCUT2D eigenvalue weighted by Crippen LogP contribution is -2.47. The number of benzene rings is 2. The summed E-state index contributed by atoms with van der Waals surface area (Å²) in [6, 6.07) is 15.5. The standard InChI is InChI=1S/C20H24N2O3/c1-4-25-17-13-9-8-12-16(17)19(23)22-18(14(2)3)20(24)21-15-10-6-5-7-11-15/h5-14,18H,4H2,1-3H3,(H,21,24)(H,22,23). The van der Waals surface area contributed by atoms with Crippen molar-refractivity contribution in [3.05, 3.63) is 60.2 Å². The van der Waals surface area contributed by atoms with Gasteiger partial charge in [0.25, 0.3) is 5.91 Å². The van der Waals surface area contributed by atoms with Crippen molar-refractivity contribution >= 4 is 17.5 Å². The van der Waals surface area contributed by atoms with Gasteiger partial charge in [-0.15, -0.1) is 0 Å². The maximum absolute atomic E-state index is 12.6. The number of para-hydroxylation sites is 2. The molecule has 0 aliphatic carbocycles. The van der Waals surface area contributed by atoms with Gasteiger partial charge in [-0.3, -0.25) is 9.59 Å². The van der Waals surface area contributed by atoms with E-state index in [0.29, 0.717) is 23.6 Å². The normalized spacial score (nSPS) is 11.7. The summed E-state index contributed by atoms with van der Waals surface area (Å²) in [6.07, 6.45) is 0. The number of carbonyl (C=O) groups excluding carboxylic acids is 2. The summed E-state index contributed by atoms with van der Waals surface area (Å²) in [6.45, 7) is 6.11. The summed E-state index contributed by atoms with van der Waals surface area (Å²) in [7, 11) is 0. The van der Waals surface area contributed by atoms with Crippen molar-refractivity contribution in [2.24, 2.45) is 5.92 Å². The van der Waals surface area contributed by atoms with Crippen LogP contribution in [0.1, 0.15) is 31.1 Å². The van der Waals surface area contributed by atoms with E-state index in [2.05, 4.69) is 10.6 Å². The molecule has 1 atom stereocenters. The van der Waals surface area contributed by atoms with Crippen molar-refractivity contribution in [2.45, 2.75) is 26.8 Å². The molecule has 5 nitrogen and oxygen atoms in total. The monoisotopic (exact) mass is 340 g/mol. The fraction of sp³-hybridized carbons (Fsp3) is 0.300. The Morgan fingerprint density at radius 1 is 1.00 bits per heavy atom.